The molecule has 0 N–H and O–H groups in total. The van der Waals surface area contributed by atoms with E-state index in [2.05, 4.69) is 37.2 Å². The fourth-order valence-corrected chi connectivity index (χ4v) is 3.80. The van der Waals surface area contributed by atoms with Crippen molar-refractivity contribution < 1.29 is 4.42 Å². The molecule has 2 heterocycles. The van der Waals surface area contributed by atoms with Crippen molar-refractivity contribution in [3.63, 3.8) is 0 Å². The van der Waals surface area contributed by atoms with Crippen LogP contribution in [-0.4, -0.2) is 0 Å². The summed E-state index contributed by atoms with van der Waals surface area (Å²) in [5.74, 6) is 0. The van der Waals surface area contributed by atoms with Crippen LogP contribution in [0, 0.1) is 0 Å². The first-order chi connectivity index (χ1) is 6.29. The number of hydrogen-bond acceptors (Lipinski definition) is 2. The van der Waals surface area contributed by atoms with Crippen molar-refractivity contribution in [3.8, 4) is 0 Å². The molecule has 4 heteroatoms. The van der Waals surface area contributed by atoms with Crippen molar-refractivity contribution in [1.82, 2.24) is 0 Å². The van der Waals surface area contributed by atoms with Crippen LogP contribution in [-0.2, 0) is 0 Å². The van der Waals surface area contributed by atoms with Crippen LogP contribution in [0.2, 0.25) is 0 Å². The standard InChI is InChI=1S/C9H6Br2OS/c10-7-2-4-13-9(7)8(11)6-1-3-12-5-6/h1-5,8H. The highest BCUT2D eigenvalue weighted by molar-refractivity contribution is 9.11. The van der Waals surface area contributed by atoms with E-state index in [0.717, 1.165) is 10.0 Å². The van der Waals surface area contributed by atoms with Crippen molar-refractivity contribution in [1.29, 1.82) is 0 Å². The van der Waals surface area contributed by atoms with Crippen LogP contribution in [0.5, 0.6) is 0 Å². The average Bonchev–Trinajstić information content (AvgIpc) is 2.72. The number of hydrogen-bond donors (Lipinski definition) is 0. The second-order valence-electron chi connectivity index (χ2n) is 2.55. The van der Waals surface area contributed by atoms with Gasteiger partial charge in [0.1, 0.15) is 0 Å². The predicted octanol–water partition coefficient (Wildman–Crippen LogP) is 4.59. The lowest BCUT2D eigenvalue weighted by Gasteiger charge is -2.04. The number of rotatable bonds is 2. The van der Waals surface area contributed by atoms with Crippen LogP contribution in [0.4, 0.5) is 0 Å². The Kier molecular flexibility index (Phi) is 2.91. The van der Waals surface area contributed by atoms with Crippen molar-refractivity contribution in [2.75, 3.05) is 0 Å². The summed E-state index contributed by atoms with van der Waals surface area (Å²) in [4.78, 5) is 1.49. The number of thiophene rings is 1. The van der Waals surface area contributed by atoms with Gasteiger partial charge in [-0.2, -0.15) is 0 Å². The third-order valence-corrected chi connectivity index (χ3v) is 4.94. The lowest BCUT2D eigenvalue weighted by molar-refractivity contribution is 0.564. The SMILES string of the molecule is Brc1ccsc1C(Br)c1ccoc1. The molecule has 68 valence electrons. The number of alkyl halides is 1. The van der Waals surface area contributed by atoms with Crippen LogP contribution >= 0.6 is 43.2 Å². The largest absolute Gasteiger partial charge is 0.472 e. The van der Waals surface area contributed by atoms with Crippen LogP contribution in [0.15, 0.2) is 38.9 Å². The van der Waals surface area contributed by atoms with Gasteiger partial charge in [-0.3, -0.25) is 0 Å². The summed E-state index contributed by atoms with van der Waals surface area (Å²) >= 11 is 8.85. The monoisotopic (exact) mass is 320 g/mol. The molecule has 0 saturated heterocycles. The van der Waals surface area contributed by atoms with Gasteiger partial charge in [0.2, 0.25) is 0 Å². The van der Waals surface area contributed by atoms with Gasteiger partial charge in [-0.15, -0.1) is 11.3 Å². The van der Waals surface area contributed by atoms with Crippen molar-refractivity contribution >= 4 is 43.2 Å². The molecule has 0 aliphatic rings. The molecule has 1 nitrogen and oxygen atoms in total. The molecule has 1 atom stereocenters. The van der Waals surface area contributed by atoms with E-state index in [0.29, 0.717) is 0 Å². The van der Waals surface area contributed by atoms with Gasteiger partial charge in [-0.25, -0.2) is 0 Å². The van der Waals surface area contributed by atoms with Gasteiger partial charge in [-0.1, -0.05) is 15.9 Å². The summed E-state index contributed by atoms with van der Waals surface area (Å²) in [6, 6.07) is 4.01. The van der Waals surface area contributed by atoms with E-state index in [9.17, 15) is 0 Å². The maximum Gasteiger partial charge on any atom is 0.0949 e. The summed E-state index contributed by atoms with van der Waals surface area (Å²) in [5.41, 5.74) is 1.14. The molecule has 2 aromatic heterocycles. The summed E-state index contributed by atoms with van der Waals surface area (Å²) in [6.07, 6.45) is 3.44. The Morgan fingerprint density at radius 1 is 1.38 bits per heavy atom. The van der Waals surface area contributed by atoms with Crippen molar-refractivity contribution in [2.24, 2.45) is 0 Å². The Balaban J connectivity index is 2.33. The lowest BCUT2D eigenvalue weighted by Crippen LogP contribution is -1.86. The number of halogens is 2. The molecule has 0 aliphatic carbocycles. The molecule has 0 saturated carbocycles. The van der Waals surface area contributed by atoms with Crippen molar-refractivity contribution in [2.45, 2.75) is 4.83 Å². The van der Waals surface area contributed by atoms with Crippen LogP contribution in [0.1, 0.15) is 15.3 Å². The third-order valence-electron chi connectivity index (χ3n) is 1.71. The number of furan rings is 1. The zero-order chi connectivity index (χ0) is 9.26. The van der Waals surface area contributed by atoms with E-state index in [1.54, 1.807) is 23.9 Å². The lowest BCUT2D eigenvalue weighted by atomic mass is 10.2. The molecular weight excluding hydrogens is 316 g/mol. The smallest absolute Gasteiger partial charge is 0.0949 e. The topological polar surface area (TPSA) is 13.1 Å². The maximum atomic E-state index is 5.03. The molecule has 2 aromatic rings. The quantitative estimate of drug-likeness (QED) is 0.737. The molecule has 0 bridgehead atoms. The molecule has 0 amide bonds. The minimum atomic E-state index is 0.223. The molecule has 0 aliphatic heterocycles. The highest BCUT2D eigenvalue weighted by Gasteiger charge is 2.15. The third kappa shape index (κ3) is 1.90. The minimum absolute atomic E-state index is 0.223. The Hall–Kier alpha value is -0.0600. The summed E-state index contributed by atoms with van der Waals surface area (Å²) in [7, 11) is 0. The second kappa shape index (κ2) is 3.98. The first kappa shape index (κ1) is 9.49. The molecule has 0 fully saturated rings. The first-order valence-corrected chi connectivity index (χ1v) is 6.27. The second-order valence-corrected chi connectivity index (χ2v) is 5.27. The van der Waals surface area contributed by atoms with E-state index < -0.39 is 0 Å². The summed E-state index contributed by atoms with van der Waals surface area (Å²) in [6.45, 7) is 0. The van der Waals surface area contributed by atoms with E-state index in [-0.39, 0.29) is 4.83 Å². The van der Waals surface area contributed by atoms with Gasteiger partial charge in [0.15, 0.2) is 0 Å². The molecular formula is C9H6Br2OS. The molecule has 2 rings (SSSR count). The van der Waals surface area contributed by atoms with E-state index >= 15 is 0 Å². The van der Waals surface area contributed by atoms with Gasteiger partial charge in [0, 0.05) is 14.9 Å². The molecule has 0 spiro atoms. The zero-order valence-corrected chi connectivity index (χ0v) is 10.5. The van der Waals surface area contributed by atoms with Gasteiger partial charge < -0.3 is 4.42 Å². The Bertz CT molecular complexity index is 380. The highest BCUT2D eigenvalue weighted by atomic mass is 79.9. The Morgan fingerprint density at radius 2 is 2.23 bits per heavy atom. The summed E-state index contributed by atoms with van der Waals surface area (Å²) in [5, 5.41) is 2.06. The first-order valence-electron chi connectivity index (χ1n) is 3.68. The molecule has 0 aromatic carbocycles. The fourth-order valence-electron chi connectivity index (χ4n) is 1.06. The Labute approximate surface area is 97.0 Å². The Morgan fingerprint density at radius 3 is 2.77 bits per heavy atom. The molecule has 1 unspecified atom stereocenters. The van der Waals surface area contributed by atoms with Gasteiger partial charge in [0.25, 0.3) is 0 Å². The maximum absolute atomic E-state index is 5.03. The van der Waals surface area contributed by atoms with Gasteiger partial charge >= 0.3 is 0 Å². The van der Waals surface area contributed by atoms with Gasteiger partial charge in [0.05, 0.1) is 17.4 Å². The van der Waals surface area contributed by atoms with Crippen molar-refractivity contribution in [3.05, 3.63) is 45.0 Å². The van der Waals surface area contributed by atoms with Crippen LogP contribution in [0.3, 0.4) is 0 Å². The zero-order valence-electron chi connectivity index (χ0n) is 6.54. The normalized spacial score (nSPS) is 13.1. The van der Waals surface area contributed by atoms with E-state index in [4.69, 9.17) is 4.42 Å². The fraction of sp³-hybridized carbons (Fsp3) is 0.111. The van der Waals surface area contributed by atoms with Crippen LogP contribution in [0.25, 0.3) is 0 Å². The van der Waals surface area contributed by atoms with E-state index in [1.165, 1.54) is 4.88 Å². The molecule has 0 radical (unpaired) electrons. The van der Waals surface area contributed by atoms with Gasteiger partial charge in [-0.05, 0) is 33.4 Å². The van der Waals surface area contributed by atoms with Crippen LogP contribution < -0.4 is 0 Å². The highest BCUT2D eigenvalue weighted by Crippen LogP contribution is 2.38. The minimum Gasteiger partial charge on any atom is -0.472 e. The average molecular weight is 322 g/mol. The van der Waals surface area contributed by atoms with E-state index in [1.807, 2.05) is 12.1 Å². The predicted molar refractivity (Wildman–Crippen MR) is 61.5 cm³/mol. The summed E-state index contributed by atoms with van der Waals surface area (Å²) < 4.78 is 6.17. The molecule has 13 heavy (non-hydrogen) atoms.